The van der Waals surface area contributed by atoms with E-state index in [4.69, 9.17) is 0 Å². The molecule has 3 aliphatic rings. The van der Waals surface area contributed by atoms with Gasteiger partial charge in [0.25, 0.3) is 0 Å². The summed E-state index contributed by atoms with van der Waals surface area (Å²) in [6.07, 6.45) is 5.23. The van der Waals surface area contributed by atoms with Crippen LogP contribution in [0.4, 0.5) is 5.82 Å². The highest BCUT2D eigenvalue weighted by molar-refractivity contribution is 5.78. The van der Waals surface area contributed by atoms with Gasteiger partial charge in [-0.25, -0.2) is 0 Å². The smallest absolute Gasteiger partial charge is 0.234 e. The van der Waals surface area contributed by atoms with E-state index in [9.17, 15) is 4.79 Å². The number of amides is 1. The topological polar surface area (TPSA) is 64.3 Å². The van der Waals surface area contributed by atoms with Crippen molar-refractivity contribution in [1.82, 2.24) is 20.4 Å². The van der Waals surface area contributed by atoms with Gasteiger partial charge in [-0.15, -0.1) is 0 Å². The molecule has 1 aromatic heterocycles. The third kappa shape index (κ3) is 3.68. The van der Waals surface area contributed by atoms with Crippen molar-refractivity contribution >= 4 is 11.7 Å². The molecule has 0 bridgehead atoms. The maximum atomic E-state index is 12.4. The Morgan fingerprint density at radius 1 is 1.26 bits per heavy atom. The maximum absolute atomic E-state index is 12.4. The molecular weight excluding hydrogens is 290 g/mol. The first-order chi connectivity index (χ1) is 11.2. The van der Waals surface area contributed by atoms with E-state index in [-0.39, 0.29) is 5.91 Å². The molecule has 0 atom stereocenters. The summed E-state index contributed by atoms with van der Waals surface area (Å²) in [4.78, 5) is 16.9. The molecule has 6 heteroatoms. The Morgan fingerprint density at radius 3 is 2.43 bits per heavy atom. The van der Waals surface area contributed by atoms with Crippen molar-refractivity contribution < 1.29 is 4.79 Å². The first kappa shape index (κ1) is 15.0. The molecule has 23 heavy (non-hydrogen) atoms. The summed E-state index contributed by atoms with van der Waals surface area (Å²) in [5.74, 6) is 2.78. The van der Waals surface area contributed by atoms with E-state index in [0.29, 0.717) is 12.6 Å². The SMILES string of the molecule is Cc1cc(N2CCN(CC(=O)NC(C3CC3)C3CC3)CC2)n[nH]1. The van der Waals surface area contributed by atoms with E-state index in [1.807, 2.05) is 6.92 Å². The number of carbonyl (C=O) groups is 1. The van der Waals surface area contributed by atoms with Gasteiger partial charge in [-0.2, -0.15) is 5.10 Å². The van der Waals surface area contributed by atoms with Crippen molar-refractivity contribution in [3.05, 3.63) is 11.8 Å². The summed E-state index contributed by atoms with van der Waals surface area (Å²) >= 11 is 0. The van der Waals surface area contributed by atoms with Gasteiger partial charge in [0.2, 0.25) is 5.91 Å². The molecule has 0 unspecified atom stereocenters. The minimum atomic E-state index is 0.220. The predicted molar refractivity (Wildman–Crippen MR) is 89.4 cm³/mol. The molecule has 6 nitrogen and oxygen atoms in total. The Kier molecular flexibility index (Phi) is 4.01. The fourth-order valence-corrected chi connectivity index (χ4v) is 3.67. The summed E-state index contributed by atoms with van der Waals surface area (Å²) in [5.41, 5.74) is 1.09. The number of piperazine rings is 1. The Labute approximate surface area is 137 Å². The molecule has 2 saturated carbocycles. The molecular formula is C17H27N5O. The maximum Gasteiger partial charge on any atom is 0.234 e. The van der Waals surface area contributed by atoms with Crippen LogP contribution in [0.1, 0.15) is 31.4 Å². The van der Waals surface area contributed by atoms with Crippen LogP contribution < -0.4 is 10.2 Å². The number of nitrogens with one attached hydrogen (secondary N) is 2. The first-order valence-electron chi connectivity index (χ1n) is 8.98. The lowest BCUT2D eigenvalue weighted by Crippen LogP contribution is -2.51. The molecule has 1 amide bonds. The number of carbonyl (C=O) groups excluding carboxylic acids is 1. The van der Waals surface area contributed by atoms with Crippen LogP contribution in [0, 0.1) is 18.8 Å². The summed E-state index contributed by atoms with van der Waals surface area (Å²) in [5, 5.41) is 10.6. The van der Waals surface area contributed by atoms with Crippen LogP contribution in [-0.2, 0) is 4.79 Å². The number of aromatic amines is 1. The van der Waals surface area contributed by atoms with Crippen molar-refractivity contribution in [3.8, 4) is 0 Å². The second-order valence-corrected chi connectivity index (χ2v) is 7.44. The van der Waals surface area contributed by atoms with E-state index >= 15 is 0 Å². The van der Waals surface area contributed by atoms with Gasteiger partial charge in [0.1, 0.15) is 0 Å². The van der Waals surface area contributed by atoms with Gasteiger partial charge in [-0.05, 0) is 44.4 Å². The molecule has 1 aromatic rings. The Hall–Kier alpha value is -1.56. The lowest BCUT2D eigenvalue weighted by Gasteiger charge is -2.34. The van der Waals surface area contributed by atoms with E-state index in [0.717, 1.165) is 49.5 Å². The van der Waals surface area contributed by atoms with Crippen LogP contribution in [0.2, 0.25) is 0 Å². The third-order valence-electron chi connectivity index (χ3n) is 5.34. The highest BCUT2D eigenvalue weighted by atomic mass is 16.2. The molecule has 3 fully saturated rings. The van der Waals surface area contributed by atoms with Crippen molar-refractivity contribution in [2.24, 2.45) is 11.8 Å². The second kappa shape index (κ2) is 6.15. The number of anilines is 1. The number of hydrogen-bond acceptors (Lipinski definition) is 4. The summed E-state index contributed by atoms with van der Waals surface area (Å²) in [6, 6.07) is 2.55. The number of aromatic nitrogens is 2. The number of aryl methyl sites for hydroxylation is 1. The van der Waals surface area contributed by atoms with Gasteiger partial charge in [0.05, 0.1) is 6.54 Å². The van der Waals surface area contributed by atoms with Crippen LogP contribution in [0.15, 0.2) is 6.07 Å². The summed E-state index contributed by atoms with van der Waals surface area (Å²) < 4.78 is 0. The first-order valence-corrected chi connectivity index (χ1v) is 8.98. The van der Waals surface area contributed by atoms with Crippen LogP contribution >= 0.6 is 0 Å². The molecule has 0 spiro atoms. The number of nitrogens with zero attached hydrogens (tertiary/aromatic N) is 3. The van der Waals surface area contributed by atoms with E-state index < -0.39 is 0 Å². The Morgan fingerprint density at radius 2 is 1.91 bits per heavy atom. The lowest BCUT2D eigenvalue weighted by molar-refractivity contribution is -0.123. The van der Waals surface area contributed by atoms with Crippen molar-refractivity contribution in [1.29, 1.82) is 0 Å². The third-order valence-corrected chi connectivity index (χ3v) is 5.34. The zero-order chi connectivity index (χ0) is 15.8. The van der Waals surface area contributed by atoms with E-state index in [1.54, 1.807) is 0 Å². The Bertz CT molecular complexity index is 543. The van der Waals surface area contributed by atoms with Crippen LogP contribution in [0.5, 0.6) is 0 Å². The second-order valence-electron chi connectivity index (χ2n) is 7.44. The van der Waals surface area contributed by atoms with Gasteiger partial charge < -0.3 is 10.2 Å². The minimum Gasteiger partial charge on any atom is -0.353 e. The zero-order valence-corrected chi connectivity index (χ0v) is 13.9. The molecule has 0 aromatic carbocycles. The van der Waals surface area contributed by atoms with Gasteiger partial charge in [-0.3, -0.25) is 14.8 Å². The molecule has 2 aliphatic carbocycles. The molecule has 4 rings (SSSR count). The highest BCUT2D eigenvalue weighted by Gasteiger charge is 2.42. The zero-order valence-electron chi connectivity index (χ0n) is 13.9. The van der Waals surface area contributed by atoms with Crippen molar-refractivity contribution in [2.45, 2.75) is 38.6 Å². The fourth-order valence-electron chi connectivity index (χ4n) is 3.67. The van der Waals surface area contributed by atoms with Gasteiger partial charge in [-0.1, -0.05) is 0 Å². The molecule has 0 radical (unpaired) electrons. The van der Waals surface area contributed by atoms with Crippen LogP contribution in [-0.4, -0.2) is 59.8 Å². The molecule has 1 aliphatic heterocycles. The number of rotatable bonds is 6. The fraction of sp³-hybridized carbons (Fsp3) is 0.765. The minimum absolute atomic E-state index is 0.220. The van der Waals surface area contributed by atoms with Crippen molar-refractivity contribution in [2.75, 3.05) is 37.6 Å². The summed E-state index contributed by atoms with van der Waals surface area (Å²) in [6.45, 7) is 6.29. The van der Waals surface area contributed by atoms with Gasteiger partial charge in [0.15, 0.2) is 5.82 Å². The van der Waals surface area contributed by atoms with Gasteiger partial charge >= 0.3 is 0 Å². The lowest BCUT2D eigenvalue weighted by atomic mass is 10.1. The largest absolute Gasteiger partial charge is 0.353 e. The molecule has 1 saturated heterocycles. The normalized spacial score (nSPS) is 22.6. The van der Waals surface area contributed by atoms with E-state index in [1.165, 1.54) is 25.7 Å². The quantitative estimate of drug-likeness (QED) is 0.826. The predicted octanol–water partition coefficient (Wildman–Crippen LogP) is 1.14. The number of hydrogen-bond donors (Lipinski definition) is 2. The van der Waals surface area contributed by atoms with Crippen LogP contribution in [0.25, 0.3) is 0 Å². The van der Waals surface area contributed by atoms with Crippen LogP contribution in [0.3, 0.4) is 0 Å². The average Bonchev–Trinajstić information content (AvgIpc) is 3.45. The number of H-pyrrole nitrogens is 1. The molecule has 2 N–H and O–H groups in total. The Balaban J connectivity index is 1.23. The van der Waals surface area contributed by atoms with Gasteiger partial charge in [0, 0.05) is 44.0 Å². The molecule has 126 valence electrons. The standard InChI is InChI=1S/C17H27N5O/c1-12-10-15(20-19-12)22-8-6-21(7-9-22)11-16(23)18-17(13-2-3-13)14-4-5-14/h10,13-14,17H,2-9,11H2,1H3,(H,18,23)(H,19,20). The van der Waals surface area contributed by atoms with E-state index in [2.05, 4.69) is 31.4 Å². The average molecular weight is 317 g/mol. The highest BCUT2D eigenvalue weighted by Crippen LogP contribution is 2.44. The summed E-state index contributed by atoms with van der Waals surface area (Å²) in [7, 11) is 0. The molecule has 2 heterocycles. The monoisotopic (exact) mass is 317 g/mol. The van der Waals surface area contributed by atoms with Crippen molar-refractivity contribution in [3.63, 3.8) is 0 Å².